The molecule has 4 aromatic rings. The standard InChI is InChI=1S/C25H24N2O3/c1-4-22-20(18-10-5-6-11-23(18)30-22)15-27(3)25(29)19-12-13-21(26-24(19)28)17-9-7-8-16(2)14-17/h5-14H,4,15H2,1-3H3,(H,26,28). The average Bonchev–Trinajstić information content (AvgIpc) is 3.10. The van der Waals surface area contributed by atoms with Crippen molar-refractivity contribution in [2.75, 3.05) is 7.05 Å². The van der Waals surface area contributed by atoms with Gasteiger partial charge in [0.25, 0.3) is 11.5 Å². The molecule has 0 radical (unpaired) electrons. The van der Waals surface area contributed by atoms with E-state index in [9.17, 15) is 9.59 Å². The molecule has 0 fully saturated rings. The third-order valence-electron chi connectivity index (χ3n) is 5.31. The molecule has 0 aliphatic rings. The molecule has 0 bridgehead atoms. The summed E-state index contributed by atoms with van der Waals surface area (Å²) < 4.78 is 5.93. The lowest BCUT2D eigenvalue weighted by molar-refractivity contribution is 0.0783. The second-order valence-electron chi connectivity index (χ2n) is 7.50. The minimum atomic E-state index is -0.390. The van der Waals surface area contributed by atoms with Gasteiger partial charge < -0.3 is 14.3 Å². The number of carbonyl (C=O) groups is 1. The molecule has 0 saturated carbocycles. The van der Waals surface area contributed by atoms with E-state index in [2.05, 4.69) is 4.98 Å². The molecule has 0 saturated heterocycles. The molecule has 1 amide bonds. The molecule has 30 heavy (non-hydrogen) atoms. The number of aromatic nitrogens is 1. The Morgan fingerprint density at radius 3 is 2.60 bits per heavy atom. The minimum absolute atomic E-state index is 0.125. The fourth-order valence-corrected chi connectivity index (χ4v) is 3.75. The molecule has 2 aromatic heterocycles. The van der Waals surface area contributed by atoms with Gasteiger partial charge in [-0.05, 0) is 36.8 Å². The van der Waals surface area contributed by atoms with Crippen LogP contribution in [0.3, 0.4) is 0 Å². The van der Waals surface area contributed by atoms with Crippen LogP contribution in [0.4, 0.5) is 0 Å². The van der Waals surface area contributed by atoms with Crippen LogP contribution in [0.2, 0.25) is 0 Å². The van der Waals surface area contributed by atoms with Crippen molar-refractivity contribution < 1.29 is 9.21 Å². The van der Waals surface area contributed by atoms with Crippen molar-refractivity contribution in [3.63, 3.8) is 0 Å². The number of nitrogens with one attached hydrogen (secondary N) is 1. The zero-order chi connectivity index (χ0) is 21.3. The van der Waals surface area contributed by atoms with E-state index >= 15 is 0 Å². The van der Waals surface area contributed by atoms with Gasteiger partial charge >= 0.3 is 0 Å². The number of H-pyrrole nitrogens is 1. The maximum absolute atomic E-state index is 13.0. The van der Waals surface area contributed by atoms with Gasteiger partial charge in [-0.3, -0.25) is 9.59 Å². The number of rotatable bonds is 5. The van der Waals surface area contributed by atoms with E-state index in [-0.39, 0.29) is 11.5 Å². The van der Waals surface area contributed by atoms with Crippen molar-refractivity contribution in [3.8, 4) is 11.3 Å². The number of benzene rings is 2. The predicted octanol–water partition coefficient (Wildman–Crippen LogP) is 4.93. The first-order valence-corrected chi connectivity index (χ1v) is 10.0. The summed E-state index contributed by atoms with van der Waals surface area (Å²) in [5.41, 5.74) is 4.24. The predicted molar refractivity (Wildman–Crippen MR) is 119 cm³/mol. The highest BCUT2D eigenvalue weighted by Crippen LogP contribution is 2.27. The van der Waals surface area contributed by atoms with Crippen molar-refractivity contribution in [3.05, 3.63) is 93.5 Å². The van der Waals surface area contributed by atoms with Gasteiger partial charge in [0.15, 0.2) is 0 Å². The number of hydrogen-bond acceptors (Lipinski definition) is 3. The molecule has 0 atom stereocenters. The third-order valence-corrected chi connectivity index (χ3v) is 5.31. The first-order valence-electron chi connectivity index (χ1n) is 10.0. The van der Waals surface area contributed by atoms with Crippen molar-refractivity contribution >= 4 is 16.9 Å². The lowest BCUT2D eigenvalue weighted by Gasteiger charge is -2.17. The highest BCUT2D eigenvalue weighted by atomic mass is 16.3. The van der Waals surface area contributed by atoms with E-state index in [4.69, 9.17) is 4.42 Å². The third kappa shape index (κ3) is 3.66. The number of aryl methyl sites for hydroxylation is 2. The van der Waals surface area contributed by atoms with Crippen molar-refractivity contribution in [1.29, 1.82) is 0 Å². The zero-order valence-electron chi connectivity index (χ0n) is 17.4. The molecule has 1 N–H and O–H groups in total. The number of amides is 1. The fourth-order valence-electron chi connectivity index (χ4n) is 3.75. The van der Waals surface area contributed by atoms with Crippen LogP contribution in [-0.2, 0) is 13.0 Å². The highest BCUT2D eigenvalue weighted by molar-refractivity contribution is 5.94. The van der Waals surface area contributed by atoms with Gasteiger partial charge in [-0.15, -0.1) is 0 Å². The maximum atomic E-state index is 13.0. The molecular weight excluding hydrogens is 376 g/mol. The van der Waals surface area contributed by atoms with Crippen LogP contribution < -0.4 is 5.56 Å². The van der Waals surface area contributed by atoms with Crippen LogP contribution in [0, 0.1) is 6.92 Å². The summed E-state index contributed by atoms with van der Waals surface area (Å²) in [6.45, 7) is 4.40. The van der Waals surface area contributed by atoms with Crippen LogP contribution in [0.15, 0.2) is 69.9 Å². The molecule has 2 aromatic carbocycles. The Labute approximate surface area is 175 Å². The smallest absolute Gasteiger partial charge is 0.261 e. The molecular formula is C25H24N2O3. The second-order valence-corrected chi connectivity index (χ2v) is 7.50. The number of pyridine rings is 1. The van der Waals surface area contributed by atoms with Crippen LogP contribution in [0.1, 0.15) is 34.2 Å². The van der Waals surface area contributed by atoms with Crippen molar-refractivity contribution in [2.45, 2.75) is 26.8 Å². The summed E-state index contributed by atoms with van der Waals surface area (Å²) in [4.78, 5) is 30.1. The van der Waals surface area contributed by atoms with Gasteiger partial charge in [0, 0.05) is 36.7 Å². The van der Waals surface area contributed by atoms with E-state index in [1.807, 2.05) is 62.4 Å². The Balaban J connectivity index is 1.61. The van der Waals surface area contributed by atoms with Crippen molar-refractivity contribution in [1.82, 2.24) is 9.88 Å². The summed E-state index contributed by atoms with van der Waals surface area (Å²) in [5.74, 6) is 0.541. The normalized spacial score (nSPS) is 11.0. The zero-order valence-corrected chi connectivity index (χ0v) is 17.4. The molecule has 0 aliphatic carbocycles. The van der Waals surface area contributed by atoms with E-state index < -0.39 is 5.56 Å². The number of para-hydroxylation sites is 1. The Kier molecular flexibility index (Phi) is 5.27. The highest BCUT2D eigenvalue weighted by Gasteiger charge is 2.20. The lowest BCUT2D eigenvalue weighted by Crippen LogP contribution is -2.31. The summed E-state index contributed by atoms with van der Waals surface area (Å²) in [7, 11) is 1.71. The fraction of sp³-hybridized carbons (Fsp3) is 0.200. The quantitative estimate of drug-likeness (QED) is 0.516. The molecule has 5 nitrogen and oxygen atoms in total. The molecule has 2 heterocycles. The van der Waals surface area contributed by atoms with Gasteiger partial charge in [-0.1, -0.05) is 48.9 Å². The number of nitrogens with zero attached hydrogens (tertiary/aromatic N) is 1. The second kappa shape index (κ2) is 8.03. The number of carbonyl (C=O) groups excluding carboxylic acids is 1. The molecule has 152 valence electrons. The van der Waals surface area contributed by atoms with Gasteiger partial charge in [0.05, 0.1) is 0 Å². The summed E-state index contributed by atoms with van der Waals surface area (Å²) in [5, 5.41) is 0.998. The van der Waals surface area contributed by atoms with Crippen LogP contribution >= 0.6 is 0 Å². The van der Waals surface area contributed by atoms with Gasteiger partial charge in [-0.2, -0.15) is 0 Å². The molecule has 0 unspecified atom stereocenters. The lowest BCUT2D eigenvalue weighted by atomic mass is 10.1. The Bertz CT molecular complexity index is 1280. The van der Waals surface area contributed by atoms with Gasteiger partial charge in [0.2, 0.25) is 0 Å². The number of fused-ring (bicyclic) bond motifs is 1. The summed E-state index contributed by atoms with van der Waals surface area (Å²) in [6.07, 6.45) is 0.734. The average molecular weight is 400 g/mol. The summed E-state index contributed by atoms with van der Waals surface area (Å²) in [6, 6.07) is 19.1. The van der Waals surface area contributed by atoms with Crippen LogP contribution in [0.25, 0.3) is 22.2 Å². The van der Waals surface area contributed by atoms with Crippen molar-refractivity contribution in [2.24, 2.45) is 0 Å². The van der Waals surface area contributed by atoms with E-state index in [0.29, 0.717) is 12.2 Å². The van der Waals surface area contributed by atoms with Crippen LogP contribution in [0.5, 0.6) is 0 Å². The first kappa shape index (κ1) is 19.7. The molecule has 5 heteroatoms. The minimum Gasteiger partial charge on any atom is -0.461 e. The molecule has 0 aliphatic heterocycles. The Hall–Kier alpha value is -3.60. The van der Waals surface area contributed by atoms with E-state index in [0.717, 1.165) is 39.8 Å². The Morgan fingerprint density at radius 1 is 1.07 bits per heavy atom. The summed E-state index contributed by atoms with van der Waals surface area (Å²) >= 11 is 0. The number of hydrogen-bond donors (Lipinski definition) is 1. The number of furan rings is 1. The maximum Gasteiger partial charge on any atom is 0.261 e. The largest absolute Gasteiger partial charge is 0.461 e. The van der Waals surface area contributed by atoms with Gasteiger partial charge in [-0.25, -0.2) is 0 Å². The topological polar surface area (TPSA) is 66.3 Å². The Morgan fingerprint density at radius 2 is 1.87 bits per heavy atom. The van der Waals surface area contributed by atoms with E-state index in [1.165, 1.54) is 0 Å². The monoisotopic (exact) mass is 400 g/mol. The van der Waals surface area contributed by atoms with E-state index in [1.54, 1.807) is 24.1 Å². The van der Waals surface area contributed by atoms with Gasteiger partial charge in [0.1, 0.15) is 16.9 Å². The first-order chi connectivity index (χ1) is 14.5. The SMILES string of the molecule is CCc1oc2ccccc2c1CN(C)C(=O)c1ccc(-c2cccc(C)c2)[nH]c1=O. The van der Waals surface area contributed by atoms with Crippen LogP contribution in [-0.4, -0.2) is 22.8 Å². The number of aromatic amines is 1. The molecule has 0 spiro atoms. The molecule has 4 rings (SSSR count).